The van der Waals surface area contributed by atoms with Gasteiger partial charge < -0.3 is 14.7 Å². The molecular weight excluding hydrogens is 320 g/mol. The van der Waals surface area contributed by atoms with Crippen molar-refractivity contribution in [2.24, 2.45) is 11.3 Å². The van der Waals surface area contributed by atoms with Gasteiger partial charge in [-0.2, -0.15) is 0 Å². The molecule has 1 aromatic rings. The van der Waals surface area contributed by atoms with Gasteiger partial charge in [-0.3, -0.25) is 14.5 Å². The fourth-order valence-electron chi connectivity index (χ4n) is 3.98. The summed E-state index contributed by atoms with van der Waals surface area (Å²) in [6.45, 7) is 8.27. The van der Waals surface area contributed by atoms with Gasteiger partial charge in [-0.1, -0.05) is 24.8 Å². The van der Waals surface area contributed by atoms with Gasteiger partial charge in [0, 0.05) is 45.6 Å². The molecule has 6 nitrogen and oxygen atoms in total. The summed E-state index contributed by atoms with van der Waals surface area (Å²) in [7, 11) is 0. The number of fused-ring (bicyclic) bond motifs is 1. The van der Waals surface area contributed by atoms with Crippen LogP contribution in [0.15, 0.2) is 36.9 Å². The van der Waals surface area contributed by atoms with Crippen LogP contribution in [-0.2, 0) is 16.1 Å². The van der Waals surface area contributed by atoms with E-state index in [9.17, 15) is 14.7 Å². The molecule has 6 heteroatoms. The Morgan fingerprint density at radius 1 is 1.40 bits per heavy atom. The number of likely N-dealkylation sites (tertiary alicyclic amines) is 2. The van der Waals surface area contributed by atoms with Crippen LogP contribution in [0.5, 0.6) is 5.75 Å². The SMILES string of the molecule is C=CCOc1cccc(CN2C[C@@H]3CN(C(C)=O)C[C@]3(C(=O)O)C2)c1. The maximum Gasteiger partial charge on any atom is 0.313 e. The molecule has 3 rings (SSSR count). The number of benzene rings is 1. The van der Waals surface area contributed by atoms with Crippen molar-refractivity contribution in [2.75, 3.05) is 32.8 Å². The van der Waals surface area contributed by atoms with E-state index in [2.05, 4.69) is 11.5 Å². The van der Waals surface area contributed by atoms with Crippen LogP contribution in [-0.4, -0.2) is 59.6 Å². The van der Waals surface area contributed by atoms with Crippen molar-refractivity contribution >= 4 is 11.9 Å². The van der Waals surface area contributed by atoms with Gasteiger partial charge in [0.25, 0.3) is 0 Å². The molecule has 2 aliphatic rings. The smallest absolute Gasteiger partial charge is 0.313 e. The largest absolute Gasteiger partial charge is 0.490 e. The number of aliphatic carboxylic acids is 1. The third-order valence-corrected chi connectivity index (χ3v) is 5.22. The lowest BCUT2D eigenvalue weighted by Gasteiger charge is -2.25. The lowest BCUT2D eigenvalue weighted by Crippen LogP contribution is -2.41. The van der Waals surface area contributed by atoms with E-state index in [0.29, 0.717) is 39.3 Å². The summed E-state index contributed by atoms with van der Waals surface area (Å²) in [6, 6.07) is 7.83. The van der Waals surface area contributed by atoms with Gasteiger partial charge in [0.15, 0.2) is 0 Å². The van der Waals surface area contributed by atoms with Gasteiger partial charge in [0.05, 0.1) is 0 Å². The molecule has 1 amide bonds. The minimum absolute atomic E-state index is 0.0194. The Morgan fingerprint density at radius 3 is 2.84 bits per heavy atom. The Kier molecular flexibility index (Phi) is 4.81. The average Bonchev–Trinajstić information content (AvgIpc) is 3.08. The molecule has 0 unspecified atom stereocenters. The topological polar surface area (TPSA) is 70.1 Å². The Bertz CT molecular complexity index is 690. The van der Waals surface area contributed by atoms with Crippen LogP contribution in [0, 0.1) is 11.3 Å². The number of carbonyl (C=O) groups excluding carboxylic acids is 1. The predicted octanol–water partition coefficient (Wildman–Crippen LogP) is 1.62. The van der Waals surface area contributed by atoms with E-state index in [1.165, 1.54) is 6.92 Å². The number of carboxylic acid groups (broad SMARTS) is 1. The highest BCUT2D eigenvalue weighted by Crippen LogP contribution is 2.43. The zero-order chi connectivity index (χ0) is 18.0. The van der Waals surface area contributed by atoms with E-state index < -0.39 is 11.4 Å². The quantitative estimate of drug-likeness (QED) is 0.794. The monoisotopic (exact) mass is 344 g/mol. The van der Waals surface area contributed by atoms with Gasteiger partial charge >= 0.3 is 5.97 Å². The van der Waals surface area contributed by atoms with Crippen LogP contribution in [0.3, 0.4) is 0 Å². The number of rotatable bonds is 6. The fourth-order valence-corrected chi connectivity index (χ4v) is 3.98. The van der Waals surface area contributed by atoms with Crippen molar-refractivity contribution < 1.29 is 19.4 Å². The summed E-state index contributed by atoms with van der Waals surface area (Å²) in [5.41, 5.74) is 0.244. The molecule has 2 saturated heterocycles. The second kappa shape index (κ2) is 6.88. The summed E-state index contributed by atoms with van der Waals surface area (Å²) >= 11 is 0. The Morgan fingerprint density at radius 2 is 2.20 bits per heavy atom. The highest BCUT2D eigenvalue weighted by atomic mass is 16.5. The first-order valence-corrected chi connectivity index (χ1v) is 8.48. The van der Waals surface area contributed by atoms with Crippen molar-refractivity contribution in [3.05, 3.63) is 42.5 Å². The van der Waals surface area contributed by atoms with E-state index in [1.54, 1.807) is 11.0 Å². The number of amides is 1. The average molecular weight is 344 g/mol. The van der Waals surface area contributed by atoms with Crippen molar-refractivity contribution in [3.63, 3.8) is 0 Å². The zero-order valence-electron chi connectivity index (χ0n) is 14.5. The first-order chi connectivity index (χ1) is 11.9. The van der Waals surface area contributed by atoms with Crippen LogP contribution in [0.2, 0.25) is 0 Å². The van der Waals surface area contributed by atoms with Gasteiger partial charge in [0.2, 0.25) is 5.91 Å². The molecule has 2 heterocycles. The third-order valence-electron chi connectivity index (χ3n) is 5.22. The van der Waals surface area contributed by atoms with Crippen LogP contribution >= 0.6 is 0 Å². The van der Waals surface area contributed by atoms with Crippen molar-refractivity contribution in [3.8, 4) is 5.75 Å². The number of hydrogen-bond donors (Lipinski definition) is 1. The Labute approximate surface area is 147 Å². The lowest BCUT2D eigenvalue weighted by molar-refractivity contribution is -0.149. The highest BCUT2D eigenvalue weighted by Gasteiger charge is 2.57. The number of carbonyl (C=O) groups is 2. The van der Waals surface area contributed by atoms with Gasteiger partial charge in [-0.25, -0.2) is 0 Å². The molecule has 25 heavy (non-hydrogen) atoms. The maximum atomic E-state index is 11.9. The van der Waals surface area contributed by atoms with E-state index in [1.807, 2.05) is 24.3 Å². The van der Waals surface area contributed by atoms with Crippen LogP contribution in [0.4, 0.5) is 0 Å². The molecule has 0 spiro atoms. The maximum absolute atomic E-state index is 11.9. The molecule has 2 aliphatic heterocycles. The third kappa shape index (κ3) is 3.39. The molecular formula is C19H24N2O4. The van der Waals surface area contributed by atoms with E-state index >= 15 is 0 Å². The first-order valence-electron chi connectivity index (χ1n) is 8.48. The second-order valence-corrected chi connectivity index (χ2v) is 6.97. The van der Waals surface area contributed by atoms with Crippen molar-refractivity contribution in [2.45, 2.75) is 13.5 Å². The zero-order valence-corrected chi connectivity index (χ0v) is 14.5. The van der Waals surface area contributed by atoms with Crippen molar-refractivity contribution in [1.82, 2.24) is 9.80 Å². The number of nitrogens with zero attached hydrogens (tertiary/aromatic N) is 2. The molecule has 2 fully saturated rings. The van der Waals surface area contributed by atoms with Crippen LogP contribution in [0.25, 0.3) is 0 Å². The minimum Gasteiger partial charge on any atom is -0.490 e. The highest BCUT2D eigenvalue weighted by molar-refractivity contribution is 5.80. The number of ether oxygens (including phenoxy) is 1. The first kappa shape index (κ1) is 17.5. The summed E-state index contributed by atoms with van der Waals surface area (Å²) < 4.78 is 5.56. The molecule has 2 atom stereocenters. The Balaban J connectivity index is 1.70. The fraction of sp³-hybridized carbons (Fsp3) is 0.474. The molecule has 0 saturated carbocycles. The van der Waals surface area contributed by atoms with Crippen LogP contribution < -0.4 is 4.74 Å². The molecule has 1 N–H and O–H groups in total. The minimum atomic E-state index is -0.845. The molecule has 134 valence electrons. The van der Waals surface area contributed by atoms with E-state index in [4.69, 9.17) is 4.74 Å². The van der Waals surface area contributed by atoms with Gasteiger partial charge in [-0.15, -0.1) is 0 Å². The van der Waals surface area contributed by atoms with Crippen molar-refractivity contribution in [1.29, 1.82) is 0 Å². The van der Waals surface area contributed by atoms with E-state index in [-0.39, 0.29) is 11.8 Å². The Hall–Kier alpha value is -2.34. The normalized spacial score (nSPS) is 25.6. The summed E-state index contributed by atoms with van der Waals surface area (Å²) in [5.74, 6) is -0.0814. The van der Waals surface area contributed by atoms with Gasteiger partial charge in [-0.05, 0) is 17.7 Å². The summed E-state index contributed by atoms with van der Waals surface area (Å²) in [4.78, 5) is 27.4. The predicted molar refractivity (Wildman–Crippen MR) is 93.2 cm³/mol. The summed E-state index contributed by atoms with van der Waals surface area (Å²) in [6.07, 6.45) is 1.70. The lowest BCUT2D eigenvalue weighted by atomic mass is 9.81. The van der Waals surface area contributed by atoms with E-state index in [0.717, 1.165) is 11.3 Å². The van der Waals surface area contributed by atoms with Crippen LogP contribution in [0.1, 0.15) is 12.5 Å². The van der Waals surface area contributed by atoms with Gasteiger partial charge in [0.1, 0.15) is 17.8 Å². The molecule has 0 aliphatic carbocycles. The number of hydrogen-bond acceptors (Lipinski definition) is 4. The molecule has 0 radical (unpaired) electrons. The molecule has 1 aromatic carbocycles. The molecule has 0 bridgehead atoms. The number of carboxylic acids is 1. The summed E-state index contributed by atoms with van der Waals surface area (Å²) in [5, 5.41) is 9.80. The molecule has 0 aromatic heterocycles. The standard InChI is InChI=1S/C19H24N2O4/c1-3-7-25-17-6-4-5-15(8-17)9-20-10-16-11-21(14(2)22)13-19(16,12-20)18(23)24/h3-6,8,16H,1,7,9-13H2,2H3,(H,23,24)/t16-,19-/m1/s1. The second-order valence-electron chi connectivity index (χ2n) is 6.97.